The van der Waals surface area contributed by atoms with Crippen molar-refractivity contribution in [1.29, 1.82) is 0 Å². The molecule has 0 saturated heterocycles. The average Bonchev–Trinajstić information content (AvgIpc) is 3.04. The van der Waals surface area contributed by atoms with Crippen molar-refractivity contribution in [3.8, 4) is 28.6 Å². The summed E-state index contributed by atoms with van der Waals surface area (Å²) in [5.41, 5.74) is 2.62. The zero-order chi connectivity index (χ0) is 15.4. The summed E-state index contributed by atoms with van der Waals surface area (Å²) in [5, 5.41) is 4.02. The molecule has 0 aliphatic carbocycles. The van der Waals surface area contributed by atoms with Crippen molar-refractivity contribution in [3.63, 3.8) is 0 Å². The van der Waals surface area contributed by atoms with E-state index in [-0.39, 0.29) is 0 Å². The smallest absolute Gasteiger partial charge is 0.258 e. The highest BCUT2D eigenvalue weighted by Gasteiger charge is 2.11. The Balaban J connectivity index is 1.85. The molecule has 22 heavy (non-hydrogen) atoms. The molecule has 112 valence electrons. The maximum Gasteiger partial charge on any atom is 0.258 e. The third-order valence-electron chi connectivity index (χ3n) is 3.15. The van der Waals surface area contributed by atoms with Gasteiger partial charge in [-0.25, -0.2) is 0 Å². The predicted molar refractivity (Wildman–Crippen MR) is 83.5 cm³/mol. The molecule has 3 aromatic rings. The lowest BCUT2D eigenvalue weighted by atomic mass is 10.2. The molecule has 3 rings (SSSR count). The van der Waals surface area contributed by atoms with Crippen LogP contribution in [-0.2, 0) is 0 Å². The Morgan fingerprint density at radius 2 is 2.05 bits per heavy atom. The van der Waals surface area contributed by atoms with Gasteiger partial charge in [0.25, 0.3) is 5.89 Å². The number of aryl methyl sites for hydroxylation is 1. The molecule has 2 heterocycles. The number of benzene rings is 1. The molecule has 0 saturated carbocycles. The van der Waals surface area contributed by atoms with E-state index >= 15 is 0 Å². The second-order valence-electron chi connectivity index (χ2n) is 4.99. The van der Waals surface area contributed by atoms with Gasteiger partial charge in [0.1, 0.15) is 5.75 Å². The van der Waals surface area contributed by atoms with E-state index in [0.29, 0.717) is 18.3 Å². The molecule has 5 heteroatoms. The number of pyridine rings is 1. The number of ether oxygens (including phenoxy) is 1. The number of rotatable bonds is 5. The van der Waals surface area contributed by atoms with Crippen LogP contribution in [-0.4, -0.2) is 21.7 Å². The van der Waals surface area contributed by atoms with Crippen molar-refractivity contribution in [2.75, 3.05) is 6.61 Å². The van der Waals surface area contributed by atoms with Crippen LogP contribution in [0.3, 0.4) is 0 Å². The first kappa shape index (κ1) is 14.3. The van der Waals surface area contributed by atoms with Crippen LogP contribution < -0.4 is 4.74 Å². The van der Waals surface area contributed by atoms with Crippen molar-refractivity contribution < 1.29 is 9.26 Å². The highest BCUT2D eigenvalue weighted by Crippen LogP contribution is 2.25. The molecule has 0 aliphatic heterocycles. The predicted octanol–water partition coefficient (Wildman–Crippen LogP) is 3.90. The van der Waals surface area contributed by atoms with E-state index in [1.54, 1.807) is 6.20 Å². The average molecular weight is 295 g/mol. The quantitative estimate of drug-likeness (QED) is 0.714. The summed E-state index contributed by atoms with van der Waals surface area (Å²) >= 11 is 0. The SMILES string of the molecule is CCCOc1cccc(-c2nc(-c3ccc(C)nc3)no2)c1. The van der Waals surface area contributed by atoms with Crippen molar-refractivity contribution >= 4 is 0 Å². The fraction of sp³-hybridized carbons (Fsp3) is 0.235. The molecule has 0 N–H and O–H groups in total. The molecular weight excluding hydrogens is 278 g/mol. The molecular formula is C17H17N3O2. The Labute approximate surface area is 129 Å². The van der Waals surface area contributed by atoms with E-state index in [0.717, 1.165) is 29.0 Å². The molecule has 0 bridgehead atoms. The summed E-state index contributed by atoms with van der Waals surface area (Å²) in [6, 6.07) is 11.5. The van der Waals surface area contributed by atoms with Gasteiger partial charge < -0.3 is 9.26 Å². The van der Waals surface area contributed by atoms with Crippen LogP contribution in [0.15, 0.2) is 47.1 Å². The van der Waals surface area contributed by atoms with Gasteiger partial charge >= 0.3 is 0 Å². The highest BCUT2D eigenvalue weighted by atomic mass is 16.5. The summed E-state index contributed by atoms with van der Waals surface area (Å²) in [5.74, 6) is 1.80. The molecule has 0 spiro atoms. The number of hydrogen-bond acceptors (Lipinski definition) is 5. The van der Waals surface area contributed by atoms with Crippen LogP contribution in [0.5, 0.6) is 5.75 Å². The minimum Gasteiger partial charge on any atom is -0.494 e. The zero-order valence-corrected chi connectivity index (χ0v) is 12.6. The molecule has 5 nitrogen and oxygen atoms in total. The number of hydrogen-bond donors (Lipinski definition) is 0. The maximum atomic E-state index is 5.62. The largest absolute Gasteiger partial charge is 0.494 e. The molecule has 0 amide bonds. The first-order chi connectivity index (χ1) is 10.8. The minimum atomic E-state index is 0.470. The van der Waals surface area contributed by atoms with Crippen LogP contribution in [0.4, 0.5) is 0 Å². The lowest BCUT2D eigenvalue weighted by molar-refractivity contribution is 0.317. The Bertz CT molecular complexity index is 751. The van der Waals surface area contributed by atoms with Crippen molar-refractivity contribution in [1.82, 2.24) is 15.1 Å². The molecule has 0 unspecified atom stereocenters. The van der Waals surface area contributed by atoms with Crippen LogP contribution >= 0.6 is 0 Å². The molecule has 0 fully saturated rings. The van der Waals surface area contributed by atoms with Gasteiger partial charge in [-0.2, -0.15) is 4.98 Å². The van der Waals surface area contributed by atoms with E-state index in [2.05, 4.69) is 22.0 Å². The second kappa shape index (κ2) is 6.39. The van der Waals surface area contributed by atoms with E-state index in [1.807, 2.05) is 43.3 Å². The number of aromatic nitrogens is 3. The Morgan fingerprint density at radius 1 is 1.14 bits per heavy atom. The summed E-state index contributed by atoms with van der Waals surface area (Å²) in [4.78, 5) is 8.67. The lowest BCUT2D eigenvalue weighted by Gasteiger charge is -2.04. The molecule has 2 aromatic heterocycles. The maximum absolute atomic E-state index is 5.62. The minimum absolute atomic E-state index is 0.470. The van der Waals surface area contributed by atoms with Gasteiger partial charge in [0.2, 0.25) is 5.82 Å². The van der Waals surface area contributed by atoms with E-state index in [1.165, 1.54) is 0 Å². The first-order valence-corrected chi connectivity index (χ1v) is 7.26. The van der Waals surface area contributed by atoms with Crippen molar-refractivity contribution in [2.45, 2.75) is 20.3 Å². The standard InChI is InChI=1S/C17H17N3O2/c1-3-9-21-15-6-4-5-13(10-15)17-19-16(20-22-17)14-8-7-12(2)18-11-14/h4-8,10-11H,3,9H2,1-2H3. The highest BCUT2D eigenvalue weighted by molar-refractivity contribution is 5.60. The Kier molecular flexibility index (Phi) is 4.14. The third kappa shape index (κ3) is 3.14. The molecule has 0 atom stereocenters. The Morgan fingerprint density at radius 3 is 2.82 bits per heavy atom. The van der Waals surface area contributed by atoms with Gasteiger partial charge in [0.05, 0.1) is 6.61 Å². The summed E-state index contributed by atoms with van der Waals surface area (Å²) < 4.78 is 11.0. The van der Waals surface area contributed by atoms with Crippen LogP contribution in [0.2, 0.25) is 0 Å². The van der Waals surface area contributed by atoms with Gasteiger partial charge in [0, 0.05) is 23.0 Å². The van der Waals surface area contributed by atoms with Crippen LogP contribution in [0.25, 0.3) is 22.8 Å². The van der Waals surface area contributed by atoms with E-state index < -0.39 is 0 Å². The van der Waals surface area contributed by atoms with Gasteiger partial charge in [-0.05, 0) is 43.7 Å². The van der Waals surface area contributed by atoms with Gasteiger partial charge in [-0.3, -0.25) is 4.98 Å². The van der Waals surface area contributed by atoms with Crippen LogP contribution in [0, 0.1) is 6.92 Å². The first-order valence-electron chi connectivity index (χ1n) is 7.26. The molecule has 0 radical (unpaired) electrons. The third-order valence-corrected chi connectivity index (χ3v) is 3.15. The zero-order valence-electron chi connectivity index (χ0n) is 12.6. The summed E-state index contributed by atoms with van der Waals surface area (Å²) in [7, 11) is 0. The molecule has 0 aliphatic rings. The fourth-order valence-corrected chi connectivity index (χ4v) is 2.00. The van der Waals surface area contributed by atoms with Gasteiger partial charge in [-0.1, -0.05) is 18.1 Å². The van der Waals surface area contributed by atoms with Crippen molar-refractivity contribution in [3.05, 3.63) is 48.3 Å². The molecule has 1 aromatic carbocycles. The van der Waals surface area contributed by atoms with Crippen molar-refractivity contribution in [2.24, 2.45) is 0 Å². The summed E-state index contributed by atoms with van der Waals surface area (Å²) in [6.07, 6.45) is 2.71. The Hall–Kier alpha value is -2.69. The normalized spacial score (nSPS) is 10.6. The van der Waals surface area contributed by atoms with Crippen LogP contribution in [0.1, 0.15) is 19.0 Å². The second-order valence-corrected chi connectivity index (χ2v) is 4.99. The van der Waals surface area contributed by atoms with E-state index in [4.69, 9.17) is 9.26 Å². The topological polar surface area (TPSA) is 61.0 Å². The van der Waals surface area contributed by atoms with Gasteiger partial charge in [-0.15, -0.1) is 0 Å². The fourth-order valence-electron chi connectivity index (χ4n) is 2.00. The number of nitrogens with zero attached hydrogens (tertiary/aromatic N) is 3. The van der Waals surface area contributed by atoms with Gasteiger partial charge in [0.15, 0.2) is 0 Å². The lowest BCUT2D eigenvalue weighted by Crippen LogP contribution is -1.94. The van der Waals surface area contributed by atoms with E-state index in [9.17, 15) is 0 Å². The monoisotopic (exact) mass is 295 g/mol. The summed E-state index contributed by atoms with van der Waals surface area (Å²) in [6.45, 7) is 4.70.